The van der Waals surface area contributed by atoms with Gasteiger partial charge in [-0.3, -0.25) is 4.79 Å². The molecule has 1 amide bonds. The second-order valence-electron chi connectivity index (χ2n) is 4.70. The Bertz CT molecular complexity index is 855. The average molecular weight is 472 g/mol. The van der Waals surface area contributed by atoms with E-state index in [0.29, 0.717) is 10.2 Å². The largest absolute Gasteiger partial charge is 0.325 e. The Morgan fingerprint density at radius 3 is 2.79 bits per heavy atom. The van der Waals surface area contributed by atoms with Gasteiger partial charge in [0.15, 0.2) is 0 Å². The van der Waals surface area contributed by atoms with E-state index in [1.54, 1.807) is 16.8 Å². The molecule has 0 atom stereocenters. The molecule has 6 nitrogen and oxygen atoms in total. The van der Waals surface area contributed by atoms with Gasteiger partial charge in [-0.05, 0) is 75.5 Å². The van der Waals surface area contributed by atoms with E-state index in [1.807, 2.05) is 36.4 Å². The zero-order valence-electron chi connectivity index (χ0n) is 12.2. The zero-order valence-corrected chi connectivity index (χ0v) is 15.9. The SMILES string of the molecule is O=C(CSc1nnnn1-c1ccc(Cl)cc1)Nc1cccc(I)c1. The Labute approximate surface area is 161 Å². The Hall–Kier alpha value is -1.65. The third-order valence-electron chi connectivity index (χ3n) is 2.95. The van der Waals surface area contributed by atoms with E-state index < -0.39 is 0 Å². The van der Waals surface area contributed by atoms with Gasteiger partial charge in [0.1, 0.15) is 0 Å². The minimum Gasteiger partial charge on any atom is -0.325 e. The van der Waals surface area contributed by atoms with Gasteiger partial charge in [-0.15, -0.1) is 5.10 Å². The molecule has 0 bridgehead atoms. The second-order valence-corrected chi connectivity index (χ2v) is 7.32. The number of amides is 1. The maximum atomic E-state index is 12.1. The van der Waals surface area contributed by atoms with Crippen molar-refractivity contribution < 1.29 is 4.79 Å². The van der Waals surface area contributed by atoms with Crippen LogP contribution in [0.3, 0.4) is 0 Å². The number of nitrogens with zero attached hydrogens (tertiary/aromatic N) is 4. The third-order valence-corrected chi connectivity index (χ3v) is 4.80. The molecule has 24 heavy (non-hydrogen) atoms. The molecule has 0 radical (unpaired) electrons. The molecule has 0 fully saturated rings. The van der Waals surface area contributed by atoms with Crippen LogP contribution in [0.25, 0.3) is 5.69 Å². The lowest BCUT2D eigenvalue weighted by Gasteiger charge is -2.06. The van der Waals surface area contributed by atoms with Crippen LogP contribution < -0.4 is 5.32 Å². The number of hydrogen-bond donors (Lipinski definition) is 1. The summed E-state index contributed by atoms with van der Waals surface area (Å²) in [4.78, 5) is 12.1. The minimum atomic E-state index is -0.118. The van der Waals surface area contributed by atoms with Gasteiger partial charge in [0.05, 0.1) is 11.4 Å². The van der Waals surface area contributed by atoms with Crippen LogP contribution in [0.15, 0.2) is 53.7 Å². The van der Waals surface area contributed by atoms with Crippen LogP contribution in [0.2, 0.25) is 5.02 Å². The van der Waals surface area contributed by atoms with Crippen molar-refractivity contribution in [3.05, 3.63) is 57.1 Å². The van der Waals surface area contributed by atoms with E-state index >= 15 is 0 Å². The first-order chi connectivity index (χ1) is 11.6. The molecule has 2 aromatic carbocycles. The molecule has 3 rings (SSSR count). The van der Waals surface area contributed by atoms with Crippen LogP contribution in [-0.4, -0.2) is 31.9 Å². The van der Waals surface area contributed by atoms with Crippen molar-refractivity contribution in [3.8, 4) is 5.69 Å². The van der Waals surface area contributed by atoms with Crippen molar-refractivity contribution in [2.24, 2.45) is 0 Å². The molecule has 1 N–H and O–H groups in total. The highest BCUT2D eigenvalue weighted by Gasteiger charge is 2.11. The Morgan fingerprint density at radius 2 is 2.04 bits per heavy atom. The standard InChI is InChI=1S/C15H11ClIN5OS/c16-10-4-6-13(7-5-10)22-15(19-20-21-22)24-9-14(23)18-12-3-1-2-11(17)8-12/h1-8H,9H2,(H,18,23). The Kier molecular flexibility index (Phi) is 5.69. The van der Waals surface area contributed by atoms with Gasteiger partial charge in [0.25, 0.3) is 0 Å². The van der Waals surface area contributed by atoms with Crippen LogP contribution in [0.1, 0.15) is 0 Å². The highest BCUT2D eigenvalue weighted by molar-refractivity contribution is 14.1. The minimum absolute atomic E-state index is 0.118. The molecule has 0 aliphatic carbocycles. The number of rotatable bonds is 5. The van der Waals surface area contributed by atoms with E-state index in [2.05, 4.69) is 43.4 Å². The van der Waals surface area contributed by atoms with Gasteiger partial charge in [0, 0.05) is 14.3 Å². The summed E-state index contributed by atoms with van der Waals surface area (Å²) in [7, 11) is 0. The predicted octanol–water partition coefficient (Wildman–Crippen LogP) is 3.65. The number of aromatic nitrogens is 4. The normalized spacial score (nSPS) is 10.6. The molecular weight excluding hydrogens is 461 g/mol. The van der Waals surface area contributed by atoms with E-state index in [9.17, 15) is 4.79 Å². The molecular formula is C15H11ClIN5OS. The summed E-state index contributed by atoms with van der Waals surface area (Å²) in [5, 5.41) is 15.6. The second kappa shape index (κ2) is 7.95. The number of hydrogen-bond acceptors (Lipinski definition) is 5. The van der Waals surface area contributed by atoms with Gasteiger partial charge in [-0.2, -0.15) is 4.68 Å². The summed E-state index contributed by atoms with van der Waals surface area (Å²) in [6, 6.07) is 14.8. The first kappa shape index (κ1) is 17.2. The molecule has 0 spiro atoms. The molecule has 1 heterocycles. The van der Waals surface area contributed by atoms with Crippen molar-refractivity contribution >= 4 is 57.5 Å². The van der Waals surface area contributed by atoms with Crippen molar-refractivity contribution in [1.82, 2.24) is 20.2 Å². The fourth-order valence-electron chi connectivity index (χ4n) is 1.91. The predicted molar refractivity (Wildman–Crippen MR) is 103 cm³/mol. The van der Waals surface area contributed by atoms with Crippen molar-refractivity contribution in [1.29, 1.82) is 0 Å². The van der Waals surface area contributed by atoms with Crippen LogP contribution in [-0.2, 0) is 4.79 Å². The highest BCUT2D eigenvalue weighted by atomic mass is 127. The van der Waals surface area contributed by atoms with E-state index in [4.69, 9.17) is 11.6 Å². The zero-order chi connectivity index (χ0) is 16.9. The number of anilines is 1. The lowest BCUT2D eigenvalue weighted by atomic mass is 10.3. The first-order valence-electron chi connectivity index (χ1n) is 6.84. The van der Waals surface area contributed by atoms with Crippen molar-refractivity contribution in [2.75, 3.05) is 11.1 Å². The van der Waals surface area contributed by atoms with Crippen LogP contribution in [0.4, 0.5) is 5.69 Å². The van der Waals surface area contributed by atoms with Crippen LogP contribution in [0, 0.1) is 3.57 Å². The lowest BCUT2D eigenvalue weighted by molar-refractivity contribution is -0.113. The maximum Gasteiger partial charge on any atom is 0.234 e. The Balaban J connectivity index is 1.64. The van der Waals surface area contributed by atoms with Crippen LogP contribution >= 0.6 is 46.0 Å². The van der Waals surface area contributed by atoms with E-state index in [0.717, 1.165) is 14.9 Å². The average Bonchev–Trinajstić information content (AvgIpc) is 3.02. The Morgan fingerprint density at radius 1 is 1.25 bits per heavy atom. The fourth-order valence-corrected chi connectivity index (χ4v) is 3.27. The summed E-state index contributed by atoms with van der Waals surface area (Å²) < 4.78 is 2.63. The van der Waals surface area contributed by atoms with Gasteiger partial charge >= 0.3 is 0 Å². The molecule has 122 valence electrons. The topological polar surface area (TPSA) is 72.7 Å². The maximum absolute atomic E-state index is 12.1. The first-order valence-corrected chi connectivity index (χ1v) is 9.28. The number of carbonyl (C=O) groups is 1. The van der Waals surface area contributed by atoms with Crippen molar-refractivity contribution in [2.45, 2.75) is 5.16 Å². The van der Waals surface area contributed by atoms with E-state index in [-0.39, 0.29) is 11.7 Å². The molecule has 9 heteroatoms. The molecule has 1 aromatic heterocycles. The summed E-state index contributed by atoms with van der Waals surface area (Å²) in [5.74, 6) is 0.0899. The molecule has 0 saturated heterocycles. The summed E-state index contributed by atoms with van der Waals surface area (Å²) in [6.45, 7) is 0. The third kappa shape index (κ3) is 4.46. The molecule has 0 unspecified atom stereocenters. The molecule has 3 aromatic rings. The number of tetrazole rings is 1. The number of thioether (sulfide) groups is 1. The lowest BCUT2D eigenvalue weighted by Crippen LogP contribution is -2.14. The van der Waals surface area contributed by atoms with Gasteiger partial charge in [0.2, 0.25) is 11.1 Å². The number of carbonyl (C=O) groups excluding carboxylic acids is 1. The highest BCUT2D eigenvalue weighted by Crippen LogP contribution is 2.20. The quantitative estimate of drug-likeness (QED) is 0.454. The van der Waals surface area contributed by atoms with Gasteiger partial charge < -0.3 is 5.32 Å². The fraction of sp³-hybridized carbons (Fsp3) is 0.0667. The molecule has 0 saturated carbocycles. The monoisotopic (exact) mass is 471 g/mol. The van der Waals surface area contributed by atoms with Crippen molar-refractivity contribution in [3.63, 3.8) is 0 Å². The van der Waals surface area contributed by atoms with E-state index in [1.165, 1.54) is 11.8 Å². The summed E-state index contributed by atoms with van der Waals surface area (Å²) in [5.41, 5.74) is 1.55. The van der Waals surface area contributed by atoms with Gasteiger partial charge in [-0.25, -0.2) is 0 Å². The molecule has 0 aliphatic rings. The molecule has 0 aliphatic heterocycles. The van der Waals surface area contributed by atoms with Crippen LogP contribution in [0.5, 0.6) is 0 Å². The number of nitrogens with one attached hydrogen (secondary N) is 1. The summed E-state index contributed by atoms with van der Waals surface area (Å²) in [6.07, 6.45) is 0. The number of halogens is 2. The number of benzene rings is 2. The van der Waals surface area contributed by atoms with Gasteiger partial charge in [-0.1, -0.05) is 29.4 Å². The smallest absolute Gasteiger partial charge is 0.234 e. The summed E-state index contributed by atoms with van der Waals surface area (Å²) >= 11 is 9.35.